The van der Waals surface area contributed by atoms with E-state index < -0.39 is 17.4 Å². The Morgan fingerprint density at radius 3 is 2.47 bits per heavy atom. The largest absolute Gasteiger partial charge is 0.369 e. The van der Waals surface area contributed by atoms with Gasteiger partial charge in [0.2, 0.25) is 11.8 Å². The highest BCUT2D eigenvalue weighted by Crippen LogP contribution is 2.41. The van der Waals surface area contributed by atoms with Crippen LogP contribution in [-0.4, -0.2) is 23.9 Å². The highest BCUT2D eigenvalue weighted by Gasteiger charge is 2.50. The minimum absolute atomic E-state index is 0. The molecule has 1 aliphatic heterocycles. The molecule has 0 aromatic heterocycles. The van der Waals surface area contributed by atoms with E-state index in [1.165, 1.54) is 0 Å². The molecule has 1 heterocycles. The Kier molecular flexibility index (Phi) is 3.28. The van der Waals surface area contributed by atoms with Crippen LogP contribution in [0.1, 0.15) is 24.3 Å². The molecule has 0 bridgehead atoms. The van der Waals surface area contributed by atoms with E-state index in [2.05, 4.69) is 0 Å². The van der Waals surface area contributed by atoms with Gasteiger partial charge in [-0.15, -0.1) is 12.4 Å². The second kappa shape index (κ2) is 4.51. The van der Waals surface area contributed by atoms with Crippen molar-refractivity contribution in [3.8, 4) is 0 Å². The van der Waals surface area contributed by atoms with Gasteiger partial charge in [0.15, 0.2) is 0 Å². The van der Waals surface area contributed by atoms with Crippen LogP contribution in [-0.2, 0) is 9.59 Å². The van der Waals surface area contributed by atoms with Crippen LogP contribution in [0, 0.1) is 0 Å². The van der Waals surface area contributed by atoms with E-state index >= 15 is 0 Å². The van der Waals surface area contributed by atoms with Crippen molar-refractivity contribution in [2.75, 3.05) is 11.4 Å². The number of hydrogen-bond acceptors (Lipinski definition) is 3. The number of carbonyl (C=O) groups is 2. The number of halogens is 1. The first-order chi connectivity index (χ1) is 8.53. The van der Waals surface area contributed by atoms with Gasteiger partial charge in [0, 0.05) is 12.2 Å². The van der Waals surface area contributed by atoms with Gasteiger partial charge in [-0.3, -0.25) is 9.59 Å². The molecule has 4 N–H and O–H groups in total. The van der Waals surface area contributed by atoms with Crippen molar-refractivity contribution in [2.24, 2.45) is 11.5 Å². The molecule has 2 amide bonds. The lowest BCUT2D eigenvalue weighted by Gasteiger charge is -2.21. The molecule has 1 saturated carbocycles. The minimum atomic E-state index is -0.723. The molecular weight excluding hydrogens is 266 g/mol. The summed E-state index contributed by atoms with van der Waals surface area (Å²) in [5.74, 6) is -0.925. The van der Waals surface area contributed by atoms with Gasteiger partial charge in [0.05, 0.1) is 11.5 Å². The molecule has 1 aliphatic carbocycles. The molecule has 2 aliphatic rings. The first-order valence-corrected chi connectivity index (χ1v) is 6.02. The Hall–Kier alpha value is -1.59. The fourth-order valence-corrected chi connectivity index (χ4v) is 2.46. The first-order valence-electron chi connectivity index (χ1n) is 6.02. The lowest BCUT2D eigenvalue weighted by molar-refractivity contribution is -0.121. The van der Waals surface area contributed by atoms with Crippen LogP contribution >= 0.6 is 12.4 Å². The molecule has 0 saturated heterocycles. The zero-order valence-electron chi connectivity index (χ0n) is 10.3. The molecule has 0 radical (unpaired) electrons. The molecule has 19 heavy (non-hydrogen) atoms. The summed E-state index contributed by atoms with van der Waals surface area (Å²) in [5, 5.41) is 0. The van der Waals surface area contributed by atoms with Crippen LogP contribution in [0.4, 0.5) is 5.69 Å². The zero-order chi connectivity index (χ0) is 12.9. The van der Waals surface area contributed by atoms with Gasteiger partial charge >= 0.3 is 0 Å². The number of nitrogens with two attached hydrogens (primary N) is 2. The quantitative estimate of drug-likeness (QED) is 0.828. The summed E-state index contributed by atoms with van der Waals surface area (Å²) >= 11 is 0. The molecule has 0 spiro atoms. The number of rotatable bonds is 2. The number of primary amides is 1. The summed E-state index contributed by atoms with van der Waals surface area (Å²) in [4.78, 5) is 25.4. The lowest BCUT2D eigenvalue weighted by atomic mass is 10.0. The van der Waals surface area contributed by atoms with Crippen molar-refractivity contribution in [3.05, 3.63) is 29.8 Å². The molecule has 1 aromatic rings. The SMILES string of the molecule is Cl.NC(=O)C1CN(C(=O)C2(N)CC2)c2ccccc21. The normalized spacial score (nSPS) is 22.4. The molecule has 1 fully saturated rings. The van der Waals surface area contributed by atoms with Crippen molar-refractivity contribution >= 4 is 29.9 Å². The summed E-state index contributed by atoms with van der Waals surface area (Å²) in [6.07, 6.45) is 1.43. The summed E-state index contributed by atoms with van der Waals surface area (Å²) in [5.41, 5.74) is 12.2. The van der Waals surface area contributed by atoms with E-state index in [0.717, 1.165) is 11.3 Å². The summed E-state index contributed by atoms with van der Waals surface area (Å²) in [6, 6.07) is 7.37. The predicted octanol–water partition coefficient (Wildman–Crippen LogP) is 0.515. The second-order valence-electron chi connectivity index (χ2n) is 5.09. The van der Waals surface area contributed by atoms with Gasteiger partial charge < -0.3 is 16.4 Å². The summed E-state index contributed by atoms with van der Waals surface area (Å²) in [7, 11) is 0. The van der Waals surface area contributed by atoms with E-state index in [1.807, 2.05) is 24.3 Å². The van der Waals surface area contributed by atoms with Crippen LogP contribution in [0.25, 0.3) is 0 Å². The standard InChI is InChI=1S/C13H15N3O2.ClH/c14-11(17)9-7-16(12(18)13(15)5-6-13)10-4-2-1-3-8(9)10;/h1-4,9H,5-7,15H2,(H2,14,17);1H. The summed E-state index contributed by atoms with van der Waals surface area (Å²) in [6.45, 7) is 0.312. The number of nitrogens with zero attached hydrogens (tertiary/aromatic N) is 1. The highest BCUT2D eigenvalue weighted by molar-refractivity contribution is 6.05. The molecule has 5 nitrogen and oxygen atoms in total. The fourth-order valence-electron chi connectivity index (χ4n) is 2.46. The molecule has 1 aromatic carbocycles. The highest BCUT2D eigenvalue weighted by atomic mass is 35.5. The van der Waals surface area contributed by atoms with Gasteiger partial charge in [0.1, 0.15) is 0 Å². The van der Waals surface area contributed by atoms with E-state index in [1.54, 1.807) is 4.90 Å². The monoisotopic (exact) mass is 281 g/mol. The van der Waals surface area contributed by atoms with E-state index in [9.17, 15) is 9.59 Å². The Bertz CT molecular complexity index is 542. The number of fused-ring (bicyclic) bond motifs is 1. The molecule has 1 unspecified atom stereocenters. The van der Waals surface area contributed by atoms with Crippen molar-refractivity contribution in [1.82, 2.24) is 0 Å². The van der Waals surface area contributed by atoms with Gasteiger partial charge in [-0.25, -0.2) is 0 Å². The van der Waals surface area contributed by atoms with E-state index in [0.29, 0.717) is 19.4 Å². The van der Waals surface area contributed by atoms with Crippen LogP contribution in [0.2, 0.25) is 0 Å². The average Bonchev–Trinajstić information content (AvgIpc) is 2.98. The smallest absolute Gasteiger partial charge is 0.247 e. The third-order valence-corrected chi connectivity index (χ3v) is 3.77. The number of para-hydroxylation sites is 1. The first kappa shape index (κ1) is 13.8. The lowest BCUT2D eigenvalue weighted by Crippen LogP contribution is -2.46. The molecule has 6 heteroatoms. The van der Waals surface area contributed by atoms with Crippen LogP contribution in [0.3, 0.4) is 0 Å². The predicted molar refractivity (Wildman–Crippen MR) is 74.1 cm³/mol. The number of hydrogen-bond donors (Lipinski definition) is 2. The Morgan fingerprint density at radius 1 is 1.26 bits per heavy atom. The second-order valence-corrected chi connectivity index (χ2v) is 5.09. The zero-order valence-corrected chi connectivity index (χ0v) is 11.2. The van der Waals surface area contributed by atoms with Crippen molar-refractivity contribution in [3.63, 3.8) is 0 Å². The number of benzene rings is 1. The van der Waals surface area contributed by atoms with E-state index in [-0.39, 0.29) is 18.3 Å². The minimum Gasteiger partial charge on any atom is -0.369 e. The Balaban J connectivity index is 0.00000133. The maximum Gasteiger partial charge on any atom is 0.247 e. The molecule has 3 rings (SSSR count). The molecule has 1 atom stereocenters. The number of carbonyl (C=O) groups excluding carboxylic acids is 2. The maximum absolute atomic E-state index is 12.3. The van der Waals surface area contributed by atoms with Gasteiger partial charge in [-0.2, -0.15) is 0 Å². The Morgan fingerprint density at radius 2 is 1.89 bits per heavy atom. The third kappa shape index (κ3) is 2.09. The summed E-state index contributed by atoms with van der Waals surface area (Å²) < 4.78 is 0. The van der Waals surface area contributed by atoms with Crippen LogP contribution < -0.4 is 16.4 Å². The number of anilines is 1. The third-order valence-electron chi connectivity index (χ3n) is 3.77. The molecular formula is C13H16ClN3O2. The Labute approximate surface area is 117 Å². The molecule has 102 valence electrons. The van der Waals surface area contributed by atoms with Crippen molar-refractivity contribution in [2.45, 2.75) is 24.3 Å². The van der Waals surface area contributed by atoms with Gasteiger partial charge in [0.25, 0.3) is 0 Å². The number of amides is 2. The van der Waals surface area contributed by atoms with Gasteiger partial charge in [-0.1, -0.05) is 18.2 Å². The maximum atomic E-state index is 12.3. The fraction of sp³-hybridized carbons (Fsp3) is 0.385. The van der Waals surface area contributed by atoms with Crippen molar-refractivity contribution in [1.29, 1.82) is 0 Å². The van der Waals surface area contributed by atoms with E-state index in [4.69, 9.17) is 11.5 Å². The van der Waals surface area contributed by atoms with Crippen molar-refractivity contribution < 1.29 is 9.59 Å². The van der Waals surface area contributed by atoms with Crippen LogP contribution in [0.15, 0.2) is 24.3 Å². The van der Waals surface area contributed by atoms with Gasteiger partial charge in [-0.05, 0) is 24.5 Å². The van der Waals surface area contributed by atoms with Crippen LogP contribution in [0.5, 0.6) is 0 Å². The topological polar surface area (TPSA) is 89.4 Å². The average molecular weight is 282 g/mol.